The van der Waals surface area contributed by atoms with Crippen LogP contribution < -0.4 is 10.6 Å². The Morgan fingerprint density at radius 1 is 1.08 bits per heavy atom. The zero-order valence-corrected chi connectivity index (χ0v) is 14.6. The second kappa shape index (κ2) is 8.45. The van der Waals surface area contributed by atoms with E-state index in [1.165, 1.54) is 12.1 Å². The Morgan fingerprint density at radius 2 is 1.88 bits per heavy atom. The molecule has 6 heteroatoms. The molecule has 26 heavy (non-hydrogen) atoms. The summed E-state index contributed by atoms with van der Waals surface area (Å²) in [6.45, 7) is 0.670. The van der Waals surface area contributed by atoms with Crippen molar-refractivity contribution < 1.29 is 9.18 Å². The minimum atomic E-state index is -0.401. The van der Waals surface area contributed by atoms with Gasteiger partial charge in [0, 0.05) is 29.0 Å². The highest BCUT2D eigenvalue weighted by Crippen LogP contribution is 2.14. The first kappa shape index (κ1) is 17.9. The van der Waals surface area contributed by atoms with E-state index >= 15 is 0 Å². The van der Waals surface area contributed by atoms with Gasteiger partial charge in [-0.2, -0.15) is 0 Å². The number of halogens is 2. The van der Waals surface area contributed by atoms with E-state index in [-0.39, 0.29) is 5.91 Å². The highest BCUT2D eigenvalue weighted by molar-refractivity contribution is 6.30. The number of pyridine rings is 1. The molecule has 0 radical (unpaired) electrons. The second-order valence-corrected chi connectivity index (χ2v) is 6.13. The fraction of sp³-hybridized carbons (Fsp3) is 0.100. The zero-order chi connectivity index (χ0) is 18.4. The first-order valence-corrected chi connectivity index (χ1v) is 8.49. The van der Waals surface area contributed by atoms with Gasteiger partial charge in [0.2, 0.25) is 0 Å². The Labute approximate surface area is 156 Å². The molecule has 132 valence electrons. The summed E-state index contributed by atoms with van der Waals surface area (Å²) in [5.41, 5.74) is 2.00. The van der Waals surface area contributed by atoms with E-state index in [1.54, 1.807) is 30.5 Å². The van der Waals surface area contributed by atoms with Crippen LogP contribution >= 0.6 is 11.6 Å². The monoisotopic (exact) mass is 369 g/mol. The third-order valence-corrected chi connectivity index (χ3v) is 3.99. The van der Waals surface area contributed by atoms with Crippen LogP contribution in [-0.2, 0) is 6.42 Å². The lowest BCUT2D eigenvalue weighted by atomic mass is 10.1. The van der Waals surface area contributed by atoms with E-state index in [2.05, 4.69) is 15.6 Å². The zero-order valence-electron chi connectivity index (χ0n) is 13.9. The lowest BCUT2D eigenvalue weighted by molar-refractivity contribution is 0.102. The van der Waals surface area contributed by atoms with Gasteiger partial charge in [-0.25, -0.2) is 9.37 Å². The van der Waals surface area contributed by atoms with Gasteiger partial charge < -0.3 is 10.6 Å². The smallest absolute Gasteiger partial charge is 0.255 e. The molecule has 0 unspecified atom stereocenters. The average molecular weight is 370 g/mol. The maximum Gasteiger partial charge on any atom is 0.255 e. The van der Waals surface area contributed by atoms with Crippen LogP contribution in [0.25, 0.3) is 0 Å². The number of rotatable bonds is 6. The summed E-state index contributed by atoms with van der Waals surface area (Å²) in [5, 5.41) is 6.57. The Morgan fingerprint density at radius 3 is 2.65 bits per heavy atom. The fourth-order valence-electron chi connectivity index (χ4n) is 2.42. The van der Waals surface area contributed by atoms with Crippen LogP contribution in [0.15, 0.2) is 66.9 Å². The van der Waals surface area contributed by atoms with E-state index in [9.17, 15) is 9.18 Å². The quantitative estimate of drug-likeness (QED) is 0.657. The minimum Gasteiger partial charge on any atom is -0.370 e. The fourth-order valence-corrected chi connectivity index (χ4v) is 2.55. The van der Waals surface area contributed by atoms with Gasteiger partial charge in [0.15, 0.2) is 0 Å². The standard InChI is InChI=1S/C20H17ClFN3O/c21-16-6-4-14(5-7-16)8-10-23-19-12-15(9-11-24-19)20(26)25-18-3-1-2-17(22)13-18/h1-7,9,11-13H,8,10H2,(H,23,24)(H,25,26). The van der Waals surface area contributed by atoms with Gasteiger partial charge in [0.1, 0.15) is 11.6 Å². The van der Waals surface area contributed by atoms with Crippen molar-refractivity contribution in [3.63, 3.8) is 0 Å². The van der Waals surface area contributed by atoms with Crippen molar-refractivity contribution in [1.82, 2.24) is 4.98 Å². The van der Waals surface area contributed by atoms with Crippen molar-refractivity contribution >= 4 is 29.0 Å². The van der Waals surface area contributed by atoms with Gasteiger partial charge >= 0.3 is 0 Å². The molecule has 0 bridgehead atoms. The maximum atomic E-state index is 13.2. The van der Waals surface area contributed by atoms with Gasteiger partial charge in [-0.15, -0.1) is 0 Å². The van der Waals surface area contributed by atoms with Gasteiger partial charge in [0.25, 0.3) is 5.91 Å². The summed E-state index contributed by atoms with van der Waals surface area (Å²) < 4.78 is 13.2. The molecule has 0 aliphatic heterocycles. The van der Waals surface area contributed by atoms with E-state index in [0.29, 0.717) is 28.6 Å². The number of hydrogen-bond acceptors (Lipinski definition) is 3. The van der Waals surface area contributed by atoms with Crippen molar-refractivity contribution in [2.75, 3.05) is 17.2 Å². The predicted octanol–water partition coefficient (Wildman–Crippen LogP) is 4.78. The van der Waals surface area contributed by atoms with Crippen molar-refractivity contribution in [3.8, 4) is 0 Å². The first-order chi connectivity index (χ1) is 12.6. The summed E-state index contributed by atoms with van der Waals surface area (Å²) in [7, 11) is 0. The molecule has 0 aliphatic rings. The van der Waals surface area contributed by atoms with E-state index in [0.717, 1.165) is 12.0 Å². The van der Waals surface area contributed by atoms with Crippen LogP contribution in [0.2, 0.25) is 5.02 Å². The van der Waals surface area contributed by atoms with Crippen molar-refractivity contribution in [2.45, 2.75) is 6.42 Å². The number of nitrogens with one attached hydrogen (secondary N) is 2. The molecule has 0 saturated carbocycles. The van der Waals surface area contributed by atoms with Gasteiger partial charge in [-0.1, -0.05) is 29.8 Å². The van der Waals surface area contributed by atoms with Crippen molar-refractivity contribution in [3.05, 3.63) is 88.8 Å². The van der Waals surface area contributed by atoms with Crippen LogP contribution in [0.5, 0.6) is 0 Å². The van der Waals surface area contributed by atoms with Gasteiger partial charge in [0.05, 0.1) is 0 Å². The van der Waals surface area contributed by atoms with E-state index < -0.39 is 5.82 Å². The van der Waals surface area contributed by atoms with Crippen LogP contribution in [0.4, 0.5) is 15.9 Å². The van der Waals surface area contributed by atoms with E-state index in [1.807, 2.05) is 24.3 Å². The Kier molecular flexibility index (Phi) is 5.81. The Balaban J connectivity index is 1.58. The number of carbonyl (C=O) groups is 1. The lowest BCUT2D eigenvalue weighted by Gasteiger charge is -2.09. The number of nitrogens with zero attached hydrogens (tertiary/aromatic N) is 1. The van der Waals surface area contributed by atoms with Gasteiger partial charge in [-0.3, -0.25) is 4.79 Å². The van der Waals surface area contributed by atoms with E-state index in [4.69, 9.17) is 11.6 Å². The molecular weight excluding hydrogens is 353 g/mol. The second-order valence-electron chi connectivity index (χ2n) is 5.70. The maximum absolute atomic E-state index is 13.2. The molecule has 0 atom stereocenters. The highest BCUT2D eigenvalue weighted by Gasteiger charge is 2.08. The van der Waals surface area contributed by atoms with Crippen LogP contribution in [0.3, 0.4) is 0 Å². The highest BCUT2D eigenvalue weighted by atomic mass is 35.5. The number of anilines is 2. The molecule has 1 heterocycles. The Hall–Kier alpha value is -2.92. The lowest BCUT2D eigenvalue weighted by Crippen LogP contribution is -2.13. The molecule has 3 rings (SSSR count). The summed E-state index contributed by atoms with van der Waals surface area (Å²) in [4.78, 5) is 16.5. The molecule has 2 N–H and O–H groups in total. The summed E-state index contributed by atoms with van der Waals surface area (Å²) >= 11 is 5.87. The molecule has 1 aromatic heterocycles. The number of benzene rings is 2. The first-order valence-electron chi connectivity index (χ1n) is 8.11. The molecule has 3 aromatic rings. The number of amides is 1. The van der Waals surface area contributed by atoms with Crippen LogP contribution in [-0.4, -0.2) is 17.4 Å². The summed E-state index contributed by atoms with van der Waals surface area (Å²) in [5.74, 6) is -0.119. The summed E-state index contributed by atoms with van der Waals surface area (Å²) in [6, 6.07) is 16.7. The van der Waals surface area contributed by atoms with Crippen LogP contribution in [0.1, 0.15) is 15.9 Å². The molecule has 2 aromatic carbocycles. The van der Waals surface area contributed by atoms with Crippen molar-refractivity contribution in [1.29, 1.82) is 0 Å². The number of hydrogen-bond donors (Lipinski definition) is 2. The van der Waals surface area contributed by atoms with Gasteiger partial charge in [-0.05, 0) is 54.4 Å². The third kappa shape index (κ3) is 5.04. The molecule has 0 saturated heterocycles. The summed E-state index contributed by atoms with van der Waals surface area (Å²) in [6.07, 6.45) is 2.36. The molecule has 0 fully saturated rings. The SMILES string of the molecule is O=C(Nc1cccc(F)c1)c1ccnc(NCCc2ccc(Cl)cc2)c1. The van der Waals surface area contributed by atoms with Crippen molar-refractivity contribution in [2.24, 2.45) is 0 Å². The van der Waals surface area contributed by atoms with Crippen LogP contribution in [0, 0.1) is 5.82 Å². The molecule has 4 nitrogen and oxygen atoms in total. The topological polar surface area (TPSA) is 54.0 Å². The molecular formula is C20H17ClFN3O. The minimum absolute atomic E-state index is 0.321. The molecule has 0 spiro atoms. The molecule has 0 aliphatic carbocycles. The normalized spacial score (nSPS) is 10.4. The Bertz CT molecular complexity index is 900. The average Bonchev–Trinajstić information content (AvgIpc) is 2.64. The number of carbonyl (C=O) groups excluding carboxylic acids is 1. The molecule has 1 amide bonds. The third-order valence-electron chi connectivity index (χ3n) is 3.74. The largest absolute Gasteiger partial charge is 0.370 e. The number of aromatic nitrogens is 1. The predicted molar refractivity (Wildman–Crippen MR) is 102 cm³/mol.